The third-order valence-corrected chi connectivity index (χ3v) is 4.19. The van der Waals surface area contributed by atoms with Crippen LogP contribution in [0.3, 0.4) is 0 Å². The molecule has 0 saturated carbocycles. The van der Waals surface area contributed by atoms with E-state index in [1.54, 1.807) is 49.6 Å². The minimum absolute atomic E-state index is 0.140. The highest BCUT2D eigenvalue weighted by Gasteiger charge is 2.30. The molecule has 2 aromatic carbocycles. The van der Waals surface area contributed by atoms with E-state index in [-0.39, 0.29) is 24.3 Å². The molecule has 3 rings (SSSR count). The molecule has 1 unspecified atom stereocenters. The van der Waals surface area contributed by atoms with Gasteiger partial charge in [0.05, 0.1) is 5.56 Å². The molecule has 0 radical (unpaired) electrons. The van der Waals surface area contributed by atoms with E-state index in [0.717, 1.165) is 12.1 Å². The van der Waals surface area contributed by atoms with E-state index < -0.39 is 11.7 Å². The van der Waals surface area contributed by atoms with Crippen molar-refractivity contribution in [1.82, 2.24) is 9.97 Å². The SMILES string of the molecule is CC(CC(=O)Nc1ccc(Oc2ncccn2)cc1)c1ccc(C(F)(F)F)cc1. The number of ether oxygens (including phenoxy) is 1. The zero-order valence-corrected chi connectivity index (χ0v) is 15.5. The van der Waals surface area contributed by atoms with Gasteiger partial charge in [-0.05, 0) is 53.9 Å². The summed E-state index contributed by atoms with van der Waals surface area (Å²) >= 11 is 0. The molecule has 0 aliphatic heterocycles. The summed E-state index contributed by atoms with van der Waals surface area (Å²) < 4.78 is 43.4. The van der Waals surface area contributed by atoms with Crippen LogP contribution in [0.2, 0.25) is 0 Å². The average molecular weight is 401 g/mol. The summed E-state index contributed by atoms with van der Waals surface area (Å²) in [6, 6.07) is 13.5. The van der Waals surface area contributed by atoms with Gasteiger partial charge in [-0.15, -0.1) is 0 Å². The molecule has 29 heavy (non-hydrogen) atoms. The van der Waals surface area contributed by atoms with Gasteiger partial charge in [0, 0.05) is 24.5 Å². The number of nitrogens with one attached hydrogen (secondary N) is 1. The van der Waals surface area contributed by atoms with Crippen LogP contribution in [0.4, 0.5) is 18.9 Å². The average Bonchev–Trinajstić information content (AvgIpc) is 2.69. The number of carbonyl (C=O) groups excluding carboxylic acids is 1. The molecular weight excluding hydrogens is 383 g/mol. The van der Waals surface area contributed by atoms with Crippen LogP contribution in [0.5, 0.6) is 11.8 Å². The lowest BCUT2D eigenvalue weighted by molar-refractivity contribution is -0.137. The first-order valence-electron chi connectivity index (χ1n) is 8.83. The summed E-state index contributed by atoms with van der Waals surface area (Å²) in [5.41, 5.74) is 0.539. The van der Waals surface area contributed by atoms with Crippen LogP contribution in [0.25, 0.3) is 0 Å². The van der Waals surface area contributed by atoms with E-state index in [0.29, 0.717) is 17.0 Å². The highest BCUT2D eigenvalue weighted by molar-refractivity contribution is 5.91. The molecule has 8 heteroatoms. The number of rotatable bonds is 6. The third kappa shape index (κ3) is 5.78. The summed E-state index contributed by atoms with van der Waals surface area (Å²) in [7, 11) is 0. The Morgan fingerprint density at radius 1 is 1.03 bits per heavy atom. The first-order valence-corrected chi connectivity index (χ1v) is 8.83. The van der Waals surface area contributed by atoms with E-state index in [1.807, 2.05) is 0 Å². The molecule has 1 aromatic heterocycles. The number of halogens is 3. The number of hydrogen-bond donors (Lipinski definition) is 1. The third-order valence-electron chi connectivity index (χ3n) is 4.19. The maximum absolute atomic E-state index is 12.6. The van der Waals surface area contributed by atoms with Gasteiger partial charge in [0.1, 0.15) is 5.75 Å². The zero-order chi connectivity index (χ0) is 20.9. The molecule has 0 aliphatic carbocycles. The van der Waals surface area contributed by atoms with E-state index in [1.165, 1.54) is 12.1 Å². The Labute approximate surface area is 165 Å². The first-order chi connectivity index (χ1) is 13.8. The van der Waals surface area contributed by atoms with E-state index in [2.05, 4.69) is 15.3 Å². The summed E-state index contributed by atoms with van der Waals surface area (Å²) in [6.45, 7) is 1.79. The van der Waals surface area contributed by atoms with Crippen LogP contribution >= 0.6 is 0 Å². The second kappa shape index (κ2) is 8.72. The Morgan fingerprint density at radius 3 is 2.24 bits per heavy atom. The Kier molecular flexibility index (Phi) is 6.11. The number of benzene rings is 2. The molecule has 1 N–H and O–H groups in total. The second-order valence-corrected chi connectivity index (χ2v) is 6.43. The van der Waals surface area contributed by atoms with Crippen molar-refractivity contribution in [3.8, 4) is 11.8 Å². The van der Waals surface area contributed by atoms with E-state index in [4.69, 9.17) is 4.74 Å². The largest absolute Gasteiger partial charge is 0.424 e. The monoisotopic (exact) mass is 401 g/mol. The molecule has 0 saturated heterocycles. The van der Waals surface area contributed by atoms with Gasteiger partial charge in [-0.2, -0.15) is 13.2 Å². The lowest BCUT2D eigenvalue weighted by Gasteiger charge is -2.14. The van der Waals surface area contributed by atoms with Gasteiger partial charge in [-0.3, -0.25) is 4.79 Å². The maximum atomic E-state index is 12.6. The normalized spacial score (nSPS) is 12.3. The molecular formula is C21H18F3N3O2. The van der Waals surface area contributed by atoms with Crippen molar-refractivity contribution in [2.75, 3.05) is 5.32 Å². The quantitative estimate of drug-likeness (QED) is 0.599. The van der Waals surface area contributed by atoms with Crippen LogP contribution in [0.1, 0.15) is 30.4 Å². The lowest BCUT2D eigenvalue weighted by Crippen LogP contribution is -2.14. The number of anilines is 1. The van der Waals surface area contributed by atoms with Crippen LogP contribution in [-0.4, -0.2) is 15.9 Å². The molecule has 0 spiro atoms. The zero-order valence-electron chi connectivity index (χ0n) is 15.5. The smallest absolute Gasteiger partial charge is 0.416 e. The number of alkyl halides is 3. The fourth-order valence-electron chi connectivity index (χ4n) is 2.66. The van der Waals surface area contributed by atoms with Crippen LogP contribution in [-0.2, 0) is 11.0 Å². The molecule has 1 heterocycles. The molecule has 0 aliphatic rings. The maximum Gasteiger partial charge on any atom is 0.416 e. The molecule has 0 fully saturated rings. The highest BCUT2D eigenvalue weighted by Crippen LogP contribution is 2.30. The Morgan fingerprint density at radius 2 is 1.66 bits per heavy atom. The molecule has 1 atom stereocenters. The fourth-order valence-corrected chi connectivity index (χ4v) is 2.66. The molecule has 3 aromatic rings. The predicted molar refractivity (Wildman–Crippen MR) is 102 cm³/mol. The fraction of sp³-hybridized carbons (Fsp3) is 0.190. The van der Waals surface area contributed by atoms with E-state index >= 15 is 0 Å². The number of nitrogens with zero attached hydrogens (tertiary/aromatic N) is 2. The van der Waals surface area contributed by atoms with Crippen LogP contribution in [0, 0.1) is 0 Å². The highest BCUT2D eigenvalue weighted by atomic mass is 19.4. The van der Waals surface area contributed by atoms with Crippen molar-refractivity contribution < 1.29 is 22.7 Å². The number of hydrogen-bond acceptors (Lipinski definition) is 4. The van der Waals surface area contributed by atoms with Crippen molar-refractivity contribution in [3.63, 3.8) is 0 Å². The second-order valence-electron chi connectivity index (χ2n) is 6.43. The van der Waals surface area contributed by atoms with Gasteiger partial charge >= 0.3 is 12.2 Å². The van der Waals surface area contributed by atoms with Gasteiger partial charge in [-0.1, -0.05) is 19.1 Å². The number of aromatic nitrogens is 2. The summed E-state index contributed by atoms with van der Waals surface area (Å²) in [5, 5.41) is 2.76. The first kappa shape index (κ1) is 20.3. The Hall–Kier alpha value is -3.42. The van der Waals surface area contributed by atoms with Gasteiger partial charge < -0.3 is 10.1 Å². The predicted octanol–water partition coefficient (Wildman–Crippen LogP) is 5.42. The summed E-state index contributed by atoms with van der Waals surface area (Å²) in [5.74, 6) is 0.0555. The van der Waals surface area contributed by atoms with Gasteiger partial charge in [0.25, 0.3) is 0 Å². The Balaban J connectivity index is 1.54. The summed E-state index contributed by atoms with van der Waals surface area (Å²) in [6.07, 6.45) is -1.10. The minimum Gasteiger partial charge on any atom is -0.424 e. The van der Waals surface area contributed by atoms with Crippen molar-refractivity contribution in [2.45, 2.75) is 25.4 Å². The number of carbonyl (C=O) groups is 1. The van der Waals surface area contributed by atoms with Crippen molar-refractivity contribution in [3.05, 3.63) is 78.1 Å². The molecule has 1 amide bonds. The van der Waals surface area contributed by atoms with Crippen LogP contribution in [0.15, 0.2) is 67.0 Å². The molecule has 0 bridgehead atoms. The van der Waals surface area contributed by atoms with Gasteiger partial charge in [-0.25, -0.2) is 9.97 Å². The standard InChI is InChI=1S/C21H18F3N3O2/c1-14(15-3-5-16(6-4-15)21(22,23)24)13-19(28)27-17-7-9-18(10-8-17)29-20-25-11-2-12-26-20/h2-12,14H,13H2,1H3,(H,27,28). The topological polar surface area (TPSA) is 64.1 Å². The van der Waals surface area contributed by atoms with Crippen molar-refractivity contribution in [1.29, 1.82) is 0 Å². The van der Waals surface area contributed by atoms with E-state index in [9.17, 15) is 18.0 Å². The van der Waals surface area contributed by atoms with Gasteiger partial charge in [0.15, 0.2) is 0 Å². The lowest BCUT2D eigenvalue weighted by atomic mass is 9.96. The summed E-state index contributed by atoms with van der Waals surface area (Å²) in [4.78, 5) is 20.2. The van der Waals surface area contributed by atoms with Crippen molar-refractivity contribution in [2.24, 2.45) is 0 Å². The number of amides is 1. The molecule has 5 nitrogen and oxygen atoms in total. The Bertz CT molecular complexity index is 944. The van der Waals surface area contributed by atoms with Crippen LogP contribution < -0.4 is 10.1 Å². The minimum atomic E-state index is -4.37. The van der Waals surface area contributed by atoms with Crippen molar-refractivity contribution >= 4 is 11.6 Å². The van der Waals surface area contributed by atoms with Gasteiger partial charge in [0.2, 0.25) is 5.91 Å². The molecule has 150 valence electrons.